The molecular formula is C21H42N8O5. The van der Waals surface area contributed by atoms with Crippen molar-refractivity contribution < 1.29 is 24.3 Å². The van der Waals surface area contributed by atoms with Crippen LogP contribution in [0.5, 0.6) is 0 Å². The summed E-state index contributed by atoms with van der Waals surface area (Å²) in [7, 11) is 0. The second-order valence-electron chi connectivity index (χ2n) is 8.66. The summed E-state index contributed by atoms with van der Waals surface area (Å²) in [6, 6.07) is -3.88. The Morgan fingerprint density at radius 2 is 1.44 bits per heavy atom. The molecule has 12 N–H and O–H groups in total. The van der Waals surface area contributed by atoms with Crippen LogP contribution in [0.25, 0.3) is 0 Å². The van der Waals surface area contributed by atoms with Gasteiger partial charge in [0.05, 0.1) is 6.04 Å². The summed E-state index contributed by atoms with van der Waals surface area (Å²) in [5.41, 5.74) is 22.0. The molecule has 0 aliphatic heterocycles. The molecule has 0 spiro atoms. The molecule has 0 saturated heterocycles. The second-order valence-corrected chi connectivity index (χ2v) is 8.66. The number of hydrogen-bond acceptors (Lipinski definition) is 7. The van der Waals surface area contributed by atoms with Crippen LogP contribution >= 0.6 is 0 Å². The predicted molar refractivity (Wildman–Crippen MR) is 129 cm³/mol. The Balaban J connectivity index is 5.26. The maximum Gasteiger partial charge on any atom is 0.325 e. The van der Waals surface area contributed by atoms with Gasteiger partial charge in [-0.25, -0.2) is 0 Å². The van der Waals surface area contributed by atoms with E-state index in [-0.39, 0.29) is 18.3 Å². The first-order valence-electron chi connectivity index (χ1n) is 11.5. The maximum absolute atomic E-state index is 13.0. The fourth-order valence-corrected chi connectivity index (χ4v) is 3.04. The molecule has 4 unspecified atom stereocenters. The predicted octanol–water partition coefficient (Wildman–Crippen LogP) is -1.90. The lowest BCUT2D eigenvalue weighted by atomic mass is 10.0. The number of carboxylic acid groups (broad SMARTS) is 1. The number of hydrogen-bond donors (Lipinski definition) is 8. The topological polar surface area (TPSA) is 241 Å². The molecule has 4 atom stereocenters. The zero-order valence-corrected chi connectivity index (χ0v) is 20.4. The van der Waals surface area contributed by atoms with Crippen LogP contribution in [0.15, 0.2) is 4.99 Å². The smallest absolute Gasteiger partial charge is 0.325 e. The molecule has 0 aromatic heterocycles. The fourth-order valence-electron chi connectivity index (χ4n) is 3.04. The third-order valence-electron chi connectivity index (χ3n) is 4.95. The quantitative estimate of drug-likeness (QED) is 0.0649. The highest BCUT2D eigenvalue weighted by Gasteiger charge is 2.29. The van der Waals surface area contributed by atoms with E-state index in [4.69, 9.17) is 28.0 Å². The van der Waals surface area contributed by atoms with Gasteiger partial charge in [0, 0.05) is 6.54 Å². The molecule has 3 amide bonds. The molecule has 196 valence electrons. The van der Waals surface area contributed by atoms with Gasteiger partial charge < -0.3 is 44.0 Å². The highest BCUT2D eigenvalue weighted by molar-refractivity contribution is 5.94. The number of carboxylic acids is 1. The molecule has 0 aromatic carbocycles. The third-order valence-corrected chi connectivity index (χ3v) is 4.95. The van der Waals surface area contributed by atoms with Gasteiger partial charge in [-0.1, -0.05) is 13.8 Å². The molecule has 0 heterocycles. The molecule has 0 bridgehead atoms. The molecule has 0 aromatic rings. The number of nitrogens with two attached hydrogens (primary N) is 4. The van der Waals surface area contributed by atoms with Crippen molar-refractivity contribution in [3.63, 3.8) is 0 Å². The van der Waals surface area contributed by atoms with Crippen LogP contribution in [0.3, 0.4) is 0 Å². The van der Waals surface area contributed by atoms with Crippen LogP contribution in [-0.4, -0.2) is 72.0 Å². The first-order chi connectivity index (χ1) is 15.9. The Hall–Kier alpha value is -2.93. The van der Waals surface area contributed by atoms with E-state index in [1.807, 2.05) is 13.8 Å². The molecule has 0 aliphatic carbocycles. The van der Waals surface area contributed by atoms with E-state index in [2.05, 4.69) is 20.9 Å². The lowest BCUT2D eigenvalue weighted by Gasteiger charge is -2.25. The molecule has 13 nitrogen and oxygen atoms in total. The molecule has 0 rings (SSSR count). The lowest BCUT2D eigenvalue weighted by molar-refractivity contribution is -0.142. The molecule has 0 radical (unpaired) electrons. The van der Waals surface area contributed by atoms with Crippen LogP contribution in [-0.2, 0) is 19.2 Å². The van der Waals surface area contributed by atoms with E-state index < -0.39 is 47.9 Å². The van der Waals surface area contributed by atoms with Crippen molar-refractivity contribution in [3.8, 4) is 0 Å². The van der Waals surface area contributed by atoms with Gasteiger partial charge in [0.25, 0.3) is 0 Å². The minimum atomic E-state index is -1.19. The molecule has 34 heavy (non-hydrogen) atoms. The summed E-state index contributed by atoms with van der Waals surface area (Å²) in [6.07, 6.45) is 2.61. The van der Waals surface area contributed by atoms with Gasteiger partial charge in [-0.2, -0.15) is 0 Å². The first-order valence-corrected chi connectivity index (χ1v) is 11.5. The number of aliphatic carboxylic acids is 1. The Kier molecular flexibility index (Phi) is 15.2. The Morgan fingerprint density at radius 1 is 0.853 bits per heavy atom. The van der Waals surface area contributed by atoms with E-state index >= 15 is 0 Å². The van der Waals surface area contributed by atoms with Crippen molar-refractivity contribution in [1.29, 1.82) is 0 Å². The highest BCUT2D eigenvalue weighted by Crippen LogP contribution is 2.08. The average molecular weight is 487 g/mol. The van der Waals surface area contributed by atoms with Crippen molar-refractivity contribution in [2.75, 3.05) is 13.1 Å². The minimum Gasteiger partial charge on any atom is -0.480 e. The Bertz CT molecular complexity index is 697. The molecule has 0 aliphatic rings. The van der Waals surface area contributed by atoms with Gasteiger partial charge in [-0.3, -0.25) is 24.2 Å². The van der Waals surface area contributed by atoms with Gasteiger partial charge in [-0.15, -0.1) is 0 Å². The minimum absolute atomic E-state index is 0.0418. The van der Waals surface area contributed by atoms with Gasteiger partial charge in [0.2, 0.25) is 17.7 Å². The number of carbonyl (C=O) groups excluding carboxylic acids is 3. The van der Waals surface area contributed by atoms with Crippen molar-refractivity contribution >= 4 is 29.7 Å². The number of rotatable bonds is 17. The van der Waals surface area contributed by atoms with Crippen LogP contribution in [0.1, 0.15) is 59.3 Å². The normalized spacial score (nSPS) is 14.4. The number of carbonyl (C=O) groups is 4. The first kappa shape index (κ1) is 31.1. The van der Waals surface area contributed by atoms with E-state index in [9.17, 15) is 19.2 Å². The molecule has 13 heteroatoms. The fraction of sp³-hybridized carbons (Fsp3) is 0.762. The third kappa shape index (κ3) is 13.6. The van der Waals surface area contributed by atoms with Gasteiger partial charge in [-0.05, 0) is 57.9 Å². The summed E-state index contributed by atoms with van der Waals surface area (Å²) in [4.78, 5) is 53.1. The van der Waals surface area contributed by atoms with Gasteiger partial charge in [0.15, 0.2) is 5.96 Å². The summed E-state index contributed by atoms with van der Waals surface area (Å²) >= 11 is 0. The number of guanidine groups is 1. The number of aliphatic imine (C=N–C) groups is 1. The maximum atomic E-state index is 13.0. The zero-order valence-electron chi connectivity index (χ0n) is 20.4. The van der Waals surface area contributed by atoms with Crippen molar-refractivity contribution in [3.05, 3.63) is 0 Å². The van der Waals surface area contributed by atoms with Crippen molar-refractivity contribution in [1.82, 2.24) is 16.0 Å². The molecule has 0 fully saturated rings. The summed E-state index contributed by atoms with van der Waals surface area (Å²) in [5.74, 6) is -2.87. The van der Waals surface area contributed by atoms with Crippen molar-refractivity contribution in [2.45, 2.75) is 83.5 Å². The van der Waals surface area contributed by atoms with Gasteiger partial charge in [0.1, 0.15) is 18.1 Å². The molecule has 0 saturated carbocycles. The monoisotopic (exact) mass is 486 g/mol. The van der Waals surface area contributed by atoms with Crippen molar-refractivity contribution in [2.24, 2.45) is 33.8 Å². The second kappa shape index (κ2) is 16.6. The summed E-state index contributed by atoms with van der Waals surface area (Å²) < 4.78 is 0. The SMILES string of the molecule is CC(C)CC(NC(=O)C(CCCCN)NC(=O)C(N)CCCN=C(N)N)C(=O)NC(C)C(=O)O. The Labute approximate surface area is 200 Å². The van der Waals surface area contributed by atoms with E-state index in [1.165, 1.54) is 6.92 Å². The van der Waals surface area contributed by atoms with Crippen LogP contribution in [0, 0.1) is 5.92 Å². The Morgan fingerprint density at radius 3 is 1.97 bits per heavy atom. The van der Waals surface area contributed by atoms with Gasteiger partial charge >= 0.3 is 5.97 Å². The lowest BCUT2D eigenvalue weighted by Crippen LogP contribution is -2.57. The summed E-state index contributed by atoms with van der Waals surface area (Å²) in [6.45, 7) is 5.82. The van der Waals surface area contributed by atoms with E-state index in [0.29, 0.717) is 45.2 Å². The van der Waals surface area contributed by atoms with Crippen LogP contribution < -0.4 is 38.9 Å². The number of unbranched alkanes of at least 4 members (excludes halogenated alkanes) is 1. The largest absolute Gasteiger partial charge is 0.480 e. The summed E-state index contributed by atoms with van der Waals surface area (Å²) in [5, 5.41) is 16.7. The highest BCUT2D eigenvalue weighted by atomic mass is 16.4. The number of nitrogens with one attached hydrogen (secondary N) is 3. The number of amides is 3. The standard InChI is InChI=1S/C21H42N8O5/c1-12(2)11-16(19(32)27-13(3)20(33)34)29-18(31)15(8-4-5-9-22)28-17(30)14(23)7-6-10-26-21(24)25/h12-16H,4-11,22-23H2,1-3H3,(H,27,32)(H,28,30)(H,29,31)(H,33,34)(H4,24,25,26). The van der Waals surface area contributed by atoms with E-state index in [0.717, 1.165) is 0 Å². The van der Waals surface area contributed by atoms with Crippen LogP contribution in [0.4, 0.5) is 0 Å². The average Bonchev–Trinajstić information content (AvgIpc) is 2.74. The number of nitrogens with zero attached hydrogens (tertiary/aromatic N) is 1. The molecular weight excluding hydrogens is 444 g/mol. The van der Waals surface area contributed by atoms with Crippen LogP contribution in [0.2, 0.25) is 0 Å². The zero-order chi connectivity index (χ0) is 26.3. The van der Waals surface area contributed by atoms with E-state index in [1.54, 1.807) is 0 Å².